The zero-order valence-corrected chi connectivity index (χ0v) is 7.85. The molecule has 2 nitrogen and oxygen atoms in total. The molecule has 1 spiro atoms. The van der Waals surface area contributed by atoms with Crippen LogP contribution in [0.3, 0.4) is 0 Å². The largest absolute Gasteiger partial charge is 0.458 e. The highest BCUT2D eigenvalue weighted by atomic mass is 16.6. The van der Waals surface area contributed by atoms with E-state index in [1.807, 2.05) is 0 Å². The minimum Gasteiger partial charge on any atom is -0.458 e. The maximum Gasteiger partial charge on any atom is 0.306 e. The number of hydrogen-bond acceptors (Lipinski definition) is 2. The average Bonchev–Trinajstić information content (AvgIpc) is 2.43. The highest BCUT2D eigenvalue weighted by molar-refractivity contribution is 5.72. The molecule has 1 heterocycles. The van der Waals surface area contributed by atoms with Gasteiger partial charge in [-0.1, -0.05) is 13.8 Å². The second kappa shape index (κ2) is 2.24. The molecule has 0 radical (unpaired) electrons. The van der Waals surface area contributed by atoms with Crippen LogP contribution in [-0.2, 0) is 9.53 Å². The molecule has 1 atom stereocenters. The first-order valence-electron chi connectivity index (χ1n) is 4.78. The zero-order valence-electron chi connectivity index (χ0n) is 7.85. The Balaban J connectivity index is 2.26. The minimum absolute atomic E-state index is 0.00461. The van der Waals surface area contributed by atoms with Gasteiger partial charge in [-0.2, -0.15) is 0 Å². The Morgan fingerprint density at radius 1 is 1.25 bits per heavy atom. The number of carbonyl (C=O) groups excluding carboxylic acids is 1. The summed E-state index contributed by atoms with van der Waals surface area (Å²) < 4.78 is 5.49. The third kappa shape index (κ3) is 0.900. The molecule has 1 saturated carbocycles. The Kier molecular flexibility index (Phi) is 1.51. The molecule has 2 rings (SSSR count). The van der Waals surface area contributed by atoms with Crippen LogP contribution < -0.4 is 0 Å². The Hall–Kier alpha value is -0.530. The highest BCUT2D eigenvalue weighted by Crippen LogP contribution is 2.53. The third-order valence-corrected chi connectivity index (χ3v) is 3.66. The molecule has 0 aromatic rings. The van der Waals surface area contributed by atoms with E-state index in [0.717, 1.165) is 12.8 Å². The van der Waals surface area contributed by atoms with Gasteiger partial charge in [0.25, 0.3) is 0 Å². The smallest absolute Gasteiger partial charge is 0.306 e. The lowest BCUT2D eigenvalue weighted by molar-refractivity contribution is -0.155. The first kappa shape index (κ1) is 8.09. The van der Waals surface area contributed by atoms with Gasteiger partial charge in [0.05, 0.1) is 0 Å². The normalized spacial score (nSPS) is 39.0. The summed E-state index contributed by atoms with van der Waals surface area (Å²) in [5.41, 5.74) is 0.114. The summed E-state index contributed by atoms with van der Waals surface area (Å²) in [5, 5.41) is 0. The van der Waals surface area contributed by atoms with Crippen molar-refractivity contribution in [2.75, 3.05) is 0 Å². The second-order valence-electron chi connectivity index (χ2n) is 4.71. The van der Waals surface area contributed by atoms with E-state index in [2.05, 4.69) is 13.8 Å². The van der Waals surface area contributed by atoms with Crippen LogP contribution in [-0.4, -0.2) is 11.6 Å². The predicted octanol–water partition coefficient (Wildman–Crippen LogP) is 2.27. The van der Waals surface area contributed by atoms with Crippen molar-refractivity contribution in [3.8, 4) is 0 Å². The molecule has 2 aliphatic rings. The van der Waals surface area contributed by atoms with Crippen LogP contribution >= 0.6 is 0 Å². The molecule has 1 aliphatic carbocycles. The maximum absolute atomic E-state index is 11.1. The Morgan fingerprint density at radius 3 is 2.42 bits per heavy atom. The fourth-order valence-electron chi connectivity index (χ4n) is 2.66. The van der Waals surface area contributed by atoms with E-state index in [9.17, 15) is 4.79 Å². The lowest BCUT2D eigenvalue weighted by Gasteiger charge is -2.36. The van der Waals surface area contributed by atoms with Gasteiger partial charge in [-0.25, -0.2) is 0 Å². The van der Waals surface area contributed by atoms with Crippen LogP contribution in [0.5, 0.6) is 0 Å². The van der Waals surface area contributed by atoms with Crippen molar-refractivity contribution in [1.82, 2.24) is 0 Å². The number of hydrogen-bond donors (Lipinski definition) is 0. The first-order valence-corrected chi connectivity index (χ1v) is 4.78. The van der Waals surface area contributed by atoms with Gasteiger partial charge < -0.3 is 4.74 Å². The van der Waals surface area contributed by atoms with Crippen LogP contribution in [0.2, 0.25) is 0 Å². The monoisotopic (exact) mass is 168 g/mol. The molecule has 12 heavy (non-hydrogen) atoms. The van der Waals surface area contributed by atoms with E-state index < -0.39 is 0 Å². The molecule has 68 valence electrons. The van der Waals surface area contributed by atoms with Gasteiger partial charge in [-0.3, -0.25) is 4.79 Å². The standard InChI is InChI=1S/C10H16O2/c1-9(2)5-3-6-10(9)7-4-8(11)12-10/h3-7H2,1-2H3. The molecular formula is C10H16O2. The van der Waals surface area contributed by atoms with Crippen molar-refractivity contribution < 1.29 is 9.53 Å². The van der Waals surface area contributed by atoms with E-state index >= 15 is 0 Å². The molecule has 0 N–H and O–H groups in total. The molecule has 2 fully saturated rings. The van der Waals surface area contributed by atoms with Crippen molar-refractivity contribution >= 4 is 5.97 Å². The minimum atomic E-state index is -0.0932. The fraction of sp³-hybridized carbons (Fsp3) is 0.900. The first-order chi connectivity index (χ1) is 5.56. The maximum atomic E-state index is 11.1. The molecular weight excluding hydrogens is 152 g/mol. The quantitative estimate of drug-likeness (QED) is 0.519. The van der Waals surface area contributed by atoms with Crippen LogP contribution in [0.25, 0.3) is 0 Å². The summed E-state index contributed by atoms with van der Waals surface area (Å²) in [6.07, 6.45) is 5.05. The summed E-state index contributed by atoms with van der Waals surface area (Å²) in [5.74, 6) is 0.00461. The van der Waals surface area contributed by atoms with E-state index in [4.69, 9.17) is 4.74 Å². The van der Waals surface area contributed by atoms with Gasteiger partial charge in [0.15, 0.2) is 0 Å². The second-order valence-corrected chi connectivity index (χ2v) is 4.71. The molecule has 2 heteroatoms. The van der Waals surface area contributed by atoms with E-state index in [1.54, 1.807) is 0 Å². The predicted molar refractivity (Wildman–Crippen MR) is 45.7 cm³/mol. The topological polar surface area (TPSA) is 26.3 Å². The summed E-state index contributed by atoms with van der Waals surface area (Å²) in [7, 11) is 0. The number of esters is 1. The van der Waals surface area contributed by atoms with Crippen molar-refractivity contribution in [2.24, 2.45) is 5.41 Å². The van der Waals surface area contributed by atoms with Crippen molar-refractivity contribution in [1.29, 1.82) is 0 Å². The van der Waals surface area contributed by atoms with Crippen molar-refractivity contribution in [2.45, 2.75) is 51.6 Å². The van der Waals surface area contributed by atoms with Gasteiger partial charge in [-0.15, -0.1) is 0 Å². The molecule has 1 saturated heterocycles. The molecule has 0 bridgehead atoms. The lowest BCUT2D eigenvalue weighted by Crippen LogP contribution is -2.39. The summed E-state index contributed by atoms with van der Waals surface area (Å²) in [4.78, 5) is 11.1. The van der Waals surface area contributed by atoms with Gasteiger partial charge in [-0.05, 0) is 25.7 Å². The molecule has 0 aromatic heterocycles. The lowest BCUT2D eigenvalue weighted by atomic mass is 9.76. The van der Waals surface area contributed by atoms with E-state index in [-0.39, 0.29) is 17.0 Å². The number of ether oxygens (including phenoxy) is 1. The summed E-state index contributed by atoms with van der Waals surface area (Å²) >= 11 is 0. The molecule has 1 aliphatic heterocycles. The third-order valence-electron chi connectivity index (χ3n) is 3.66. The van der Waals surface area contributed by atoms with Crippen LogP contribution in [0.1, 0.15) is 46.0 Å². The average molecular weight is 168 g/mol. The van der Waals surface area contributed by atoms with Crippen LogP contribution in [0.4, 0.5) is 0 Å². The summed E-state index contributed by atoms with van der Waals surface area (Å²) in [6.45, 7) is 4.44. The molecule has 0 aromatic carbocycles. The molecule has 1 unspecified atom stereocenters. The van der Waals surface area contributed by atoms with Gasteiger partial charge in [0, 0.05) is 11.8 Å². The van der Waals surface area contributed by atoms with Gasteiger partial charge in [0.1, 0.15) is 5.60 Å². The summed E-state index contributed by atoms with van der Waals surface area (Å²) in [6, 6.07) is 0. The van der Waals surface area contributed by atoms with Gasteiger partial charge in [0.2, 0.25) is 0 Å². The highest BCUT2D eigenvalue weighted by Gasteiger charge is 2.54. The number of carbonyl (C=O) groups is 1. The van der Waals surface area contributed by atoms with Crippen LogP contribution in [0, 0.1) is 5.41 Å². The van der Waals surface area contributed by atoms with E-state index in [0.29, 0.717) is 6.42 Å². The molecule has 0 amide bonds. The zero-order chi connectivity index (χ0) is 8.82. The van der Waals surface area contributed by atoms with Crippen LogP contribution in [0.15, 0.2) is 0 Å². The fourth-order valence-corrected chi connectivity index (χ4v) is 2.66. The Labute approximate surface area is 73.3 Å². The van der Waals surface area contributed by atoms with E-state index in [1.165, 1.54) is 12.8 Å². The van der Waals surface area contributed by atoms with Gasteiger partial charge >= 0.3 is 5.97 Å². The van der Waals surface area contributed by atoms with Crippen molar-refractivity contribution in [3.63, 3.8) is 0 Å². The Bertz CT molecular complexity index is 220. The SMILES string of the molecule is CC1(C)CCCC12CCC(=O)O2. The van der Waals surface area contributed by atoms with Crippen molar-refractivity contribution in [3.05, 3.63) is 0 Å². The number of rotatable bonds is 0. The Morgan fingerprint density at radius 2 is 2.00 bits per heavy atom.